The van der Waals surface area contributed by atoms with Gasteiger partial charge in [0.1, 0.15) is 21.3 Å². The summed E-state index contributed by atoms with van der Waals surface area (Å²) in [5.74, 6) is 1.53. The molecule has 1 fully saturated rings. The summed E-state index contributed by atoms with van der Waals surface area (Å²) in [5.41, 5.74) is 0.860. The number of aromatic nitrogens is 1. The van der Waals surface area contributed by atoms with E-state index in [9.17, 15) is 13.2 Å². The van der Waals surface area contributed by atoms with Crippen LogP contribution in [0.3, 0.4) is 0 Å². The summed E-state index contributed by atoms with van der Waals surface area (Å²) < 4.78 is 38.6. The molecule has 0 unspecified atom stereocenters. The third-order valence-corrected chi connectivity index (χ3v) is 5.76. The van der Waals surface area contributed by atoms with Gasteiger partial charge < -0.3 is 18.9 Å². The maximum absolute atomic E-state index is 12.8. The average Bonchev–Trinajstić information content (AvgIpc) is 3.21. The minimum Gasteiger partial charge on any atom is -0.497 e. The smallest absolute Gasteiger partial charge is 0.276 e. The molecule has 3 rings (SSSR count). The van der Waals surface area contributed by atoms with Crippen LogP contribution in [0, 0.1) is 0 Å². The zero-order valence-electron chi connectivity index (χ0n) is 16.8. The predicted molar refractivity (Wildman–Crippen MR) is 107 cm³/mol. The van der Waals surface area contributed by atoms with Gasteiger partial charge >= 0.3 is 0 Å². The number of methoxy groups -OCH3 is 2. The van der Waals surface area contributed by atoms with Gasteiger partial charge in [-0.1, -0.05) is 5.16 Å². The standard InChI is InChI=1S/C19H25N3O6S/c1-26-14-4-5-17(27-2)15(12-14)18-13-16(20-28-18)19(23)22-8-6-21(7-9-22)10-11-29(3,24)25/h4-5,12-13H,6-11H2,1-3H3. The third-order valence-electron chi connectivity index (χ3n) is 4.84. The van der Waals surface area contributed by atoms with Crippen molar-refractivity contribution in [3.63, 3.8) is 0 Å². The van der Waals surface area contributed by atoms with Gasteiger partial charge in [-0.25, -0.2) is 8.42 Å². The van der Waals surface area contributed by atoms with Crippen LogP contribution in [-0.2, 0) is 9.84 Å². The van der Waals surface area contributed by atoms with Gasteiger partial charge in [-0.3, -0.25) is 9.69 Å². The summed E-state index contributed by atoms with van der Waals surface area (Å²) in [6.07, 6.45) is 1.23. The average molecular weight is 423 g/mol. The van der Waals surface area contributed by atoms with Crippen molar-refractivity contribution in [2.24, 2.45) is 0 Å². The van der Waals surface area contributed by atoms with Crippen LogP contribution in [0.5, 0.6) is 11.5 Å². The molecule has 158 valence electrons. The van der Waals surface area contributed by atoms with Crippen molar-refractivity contribution in [3.8, 4) is 22.8 Å². The molecule has 0 bridgehead atoms. The fourth-order valence-corrected chi connectivity index (χ4v) is 3.73. The van der Waals surface area contributed by atoms with E-state index in [-0.39, 0.29) is 17.4 Å². The van der Waals surface area contributed by atoms with Crippen molar-refractivity contribution in [1.29, 1.82) is 0 Å². The minimum atomic E-state index is -2.99. The van der Waals surface area contributed by atoms with E-state index in [4.69, 9.17) is 14.0 Å². The Balaban J connectivity index is 1.66. The number of hydrogen-bond acceptors (Lipinski definition) is 8. The zero-order valence-corrected chi connectivity index (χ0v) is 17.6. The molecule has 0 radical (unpaired) electrons. The second kappa shape index (κ2) is 8.83. The Morgan fingerprint density at radius 3 is 2.48 bits per heavy atom. The number of piperazine rings is 1. The fourth-order valence-electron chi connectivity index (χ4n) is 3.14. The summed E-state index contributed by atoms with van der Waals surface area (Å²) in [4.78, 5) is 16.5. The van der Waals surface area contributed by atoms with Crippen molar-refractivity contribution < 1.29 is 27.2 Å². The van der Waals surface area contributed by atoms with Crippen LogP contribution in [0.2, 0.25) is 0 Å². The first-order valence-electron chi connectivity index (χ1n) is 9.19. The third kappa shape index (κ3) is 5.27. The number of benzene rings is 1. The Hall–Kier alpha value is -2.59. The van der Waals surface area contributed by atoms with Crippen molar-refractivity contribution in [2.75, 3.05) is 59.0 Å². The molecule has 1 aliphatic rings. The largest absolute Gasteiger partial charge is 0.497 e. The Kier molecular flexibility index (Phi) is 6.43. The van der Waals surface area contributed by atoms with Crippen LogP contribution in [0.4, 0.5) is 0 Å². The molecule has 1 aliphatic heterocycles. The van der Waals surface area contributed by atoms with Crippen molar-refractivity contribution >= 4 is 15.7 Å². The van der Waals surface area contributed by atoms with Gasteiger partial charge in [0.15, 0.2) is 11.5 Å². The molecule has 1 aromatic heterocycles. The molecule has 0 aliphatic carbocycles. The van der Waals surface area contributed by atoms with Crippen LogP contribution in [0.25, 0.3) is 11.3 Å². The highest BCUT2D eigenvalue weighted by atomic mass is 32.2. The van der Waals surface area contributed by atoms with Gasteiger partial charge in [0.2, 0.25) is 0 Å². The molecular weight excluding hydrogens is 398 g/mol. The van der Waals surface area contributed by atoms with E-state index in [1.54, 1.807) is 43.4 Å². The second-order valence-corrected chi connectivity index (χ2v) is 9.17. The Morgan fingerprint density at radius 1 is 1.14 bits per heavy atom. The molecule has 1 saturated heterocycles. The number of carbonyl (C=O) groups is 1. The van der Waals surface area contributed by atoms with E-state index in [2.05, 4.69) is 5.16 Å². The predicted octanol–water partition coefficient (Wildman–Crippen LogP) is 1.16. The molecule has 2 aromatic rings. The summed E-state index contributed by atoms with van der Waals surface area (Å²) >= 11 is 0. The number of ether oxygens (including phenoxy) is 2. The number of carbonyl (C=O) groups excluding carboxylic acids is 1. The van der Waals surface area contributed by atoms with Crippen LogP contribution in [0.1, 0.15) is 10.5 Å². The molecule has 0 atom stereocenters. The monoisotopic (exact) mass is 423 g/mol. The zero-order chi connectivity index (χ0) is 21.0. The van der Waals surface area contributed by atoms with Gasteiger partial charge in [0.25, 0.3) is 5.91 Å². The van der Waals surface area contributed by atoms with Gasteiger partial charge in [-0.2, -0.15) is 0 Å². The van der Waals surface area contributed by atoms with E-state index in [1.165, 1.54) is 6.26 Å². The fraction of sp³-hybridized carbons (Fsp3) is 0.474. The lowest BCUT2D eigenvalue weighted by molar-refractivity contribution is 0.0634. The van der Waals surface area contributed by atoms with Crippen LogP contribution >= 0.6 is 0 Å². The normalized spacial score (nSPS) is 15.3. The van der Waals surface area contributed by atoms with E-state index in [0.29, 0.717) is 55.5 Å². The first-order chi connectivity index (χ1) is 13.8. The van der Waals surface area contributed by atoms with Gasteiger partial charge in [0.05, 0.1) is 25.5 Å². The topological polar surface area (TPSA) is 102 Å². The van der Waals surface area contributed by atoms with Crippen LogP contribution in [0.15, 0.2) is 28.8 Å². The van der Waals surface area contributed by atoms with Gasteiger partial charge in [0, 0.05) is 45.0 Å². The summed E-state index contributed by atoms with van der Waals surface area (Å²) in [6, 6.07) is 6.88. The maximum atomic E-state index is 12.8. The summed E-state index contributed by atoms with van der Waals surface area (Å²) in [5, 5.41) is 3.93. The molecule has 9 nitrogen and oxygen atoms in total. The van der Waals surface area contributed by atoms with E-state index >= 15 is 0 Å². The lowest BCUT2D eigenvalue weighted by atomic mass is 10.1. The Bertz CT molecular complexity index is 964. The van der Waals surface area contributed by atoms with Crippen LogP contribution in [-0.4, -0.2) is 88.2 Å². The second-order valence-electron chi connectivity index (χ2n) is 6.91. The lowest BCUT2D eigenvalue weighted by Crippen LogP contribution is -2.49. The lowest BCUT2D eigenvalue weighted by Gasteiger charge is -2.34. The first kappa shape index (κ1) is 21.1. The molecule has 0 saturated carbocycles. The van der Waals surface area contributed by atoms with E-state index < -0.39 is 9.84 Å². The molecule has 0 N–H and O–H groups in total. The number of sulfone groups is 1. The number of rotatable bonds is 7. The highest BCUT2D eigenvalue weighted by Crippen LogP contribution is 2.33. The highest BCUT2D eigenvalue weighted by molar-refractivity contribution is 7.90. The molecular formula is C19H25N3O6S. The highest BCUT2D eigenvalue weighted by Gasteiger charge is 2.25. The first-order valence-corrected chi connectivity index (χ1v) is 11.3. The number of amides is 1. The molecule has 10 heteroatoms. The van der Waals surface area contributed by atoms with E-state index in [1.807, 2.05) is 4.90 Å². The van der Waals surface area contributed by atoms with Gasteiger partial charge in [-0.05, 0) is 18.2 Å². The SMILES string of the molecule is COc1ccc(OC)c(-c2cc(C(=O)N3CCN(CCS(C)(=O)=O)CC3)no2)c1. The van der Waals surface area contributed by atoms with Gasteiger partial charge in [-0.15, -0.1) is 0 Å². The molecule has 29 heavy (non-hydrogen) atoms. The van der Waals surface area contributed by atoms with Crippen molar-refractivity contribution in [1.82, 2.24) is 15.0 Å². The molecule has 1 amide bonds. The maximum Gasteiger partial charge on any atom is 0.276 e. The molecule has 2 heterocycles. The quantitative estimate of drug-likeness (QED) is 0.654. The number of hydrogen-bond donors (Lipinski definition) is 0. The van der Waals surface area contributed by atoms with Crippen LogP contribution < -0.4 is 9.47 Å². The molecule has 0 spiro atoms. The van der Waals surface area contributed by atoms with Crippen molar-refractivity contribution in [3.05, 3.63) is 30.0 Å². The Labute approximate surface area is 170 Å². The number of nitrogens with zero attached hydrogens (tertiary/aromatic N) is 3. The summed E-state index contributed by atoms with van der Waals surface area (Å²) in [6.45, 7) is 2.73. The van der Waals surface area contributed by atoms with Crippen molar-refractivity contribution in [2.45, 2.75) is 0 Å². The summed E-state index contributed by atoms with van der Waals surface area (Å²) in [7, 11) is 0.124. The van der Waals surface area contributed by atoms with E-state index in [0.717, 1.165) is 0 Å². The molecule has 1 aromatic carbocycles. The Morgan fingerprint density at radius 2 is 1.86 bits per heavy atom. The minimum absolute atomic E-state index is 0.121.